The van der Waals surface area contributed by atoms with Crippen molar-refractivity contribution in [2.45, 2.75) is 38.9 Å². The third kappa shape index (κ3) is 3.65. The number of anilines is 2. The number of aromatic hydroxyl groups is 1. The van der Waals surface area contributed by atoms with Crippen LogP contribution < -0.4 is 15.4 Å². The monoisotopic (exact) mass is 519 g/mol. The van der Waals surface area contributed by atoms with Gasteiger partial charge in [-0.3, -0.25) is 18.9 Å². The van der Waals surface area contributed by atoms with Crippen molar-refractivity contribution in [1.29, 1.82) is 5.26 Å². The fraction of sp³-hybridized carbons (Fsp3) is 0.261. The molecule has 1 aliphatic heterocycles. The van der Waals surface area contributed by atoms with Crippen LogP contribution in [0.25, 0.3) is 5.65 Å². The van der Waals surface area contributed by atoms with E-state index in [9.17, 15) is 27.9 Å². The van der Waals surface area contributed by atoms with E-state index in [2.05, 4.69) is 4.98 Å². The minimum absolute atomic E-state index is 0.00584. The first-order valence-electron chi connectivity index (χ1n) is 10.5. The maximum Gasteiger partial charge on any atom is 0.417 e. The molecule has 0 radical (unpaired) electrons. The molecule has 3 aromatic rings. The molecular formula is C23H17F4N5O3S. The number of aryl methyl sites for hydroxylation is 1. The van der Waals surface area contributed by atoms with E-state index in [-0.39, 0.29) is 34.2 Å². The fourth-order valence-corrected chi connectivity index (χ4v) is 4.57. The fourth-order valence-electron chi connectivity index (χ4n) is 4.05. The number of rotatable bonds is 3. The number of nitriles is 1. The van der Waals surface area contributed by atoms with Crippen LogP contribution in [0.15, 0.2) is 35.3 Å². The quantitative estimate of drug-likeness (QED) is 0.414. The number of fused-ring (bicyclic) bond motifs is 1. The van der Waals surface area contributed by atoms with E-state index in [4.69, 9.17) is 17.5 Å². The predicted molar refractivity (Wildman–Crippen MR) is 125 cm³/mol. The Bertz CT molecular complexity index is 1560. The van der Waals surface area contributed by atoms with E-state index in [0.717, 1.165) is 33.7 Å². The van der Waals surface area contributed by atoms with Gasteiger partial charge in [0.15, 0.2) is 16.6 Å². The van der Waals surface area contributed by atoms with E-state index in [1.807, 2.05) is 0 Å². The van der Waals surface area contributed by atoms with Crippen molar-refractivity contribution in [3.63, 3.8) is 0 Å². The van der Waals surface area contributed by atoms with Crippen LogP contribution in [-0.4, -0.2) is 31.0 Å². The average Bonchev–Trinajstić information content (AvgIpc) is 2.98. The summed E-state index contributed by atoms with van der Waals surface area (Å²) in [5.41, 5.74) is -4.98. The van der Waals surface area contributed by atoms with Gasteiger partial charge in [-0.2, -0.15) is 18.4 Å². The van der Waals surface area contributed by atoms with Gasteiger partial charge < -0.3 is 10.0 Å². The van der Waals surface area contributed by atoms with Crippen LogP contribution in [0, 0.1) is 17.1 Å². The van der Waals surface area contributed by atoms with Gasteiger partial charge in [-0.25, -0.2) is 9.37 Å². The molecule has 1 saturated heterocycles. The topological polar surface area (TPSA) is 102 Å². The number of nitrogens with zero attached hydrogens (tertiary/aromatic N) is 5. The summed E-state index contributed by atoms with van der Waals surface area (Å²) in [6.45, 7) is 4.48. The number of aromatic nitrogens is 2. The van der Waals surface area contributed by atoms with Crippen LogP contribution in [0.5, 0.6) is 5.75 Å². The summed E-state index contributed by atoms with van der Waals surface area (Å²) in [6, 6.07) is 5.18. The lowest BCUT2D eigenvalue weighted by Gasteiger charge is -2.29. The summed E-state index contributed by atoms with van der Waals surface area (Å²) in [5, 5.41) is 18.9. The van der Waals surface area contributed by atoms with E-state index < -0.39 is 45.9 Å². The Hall–Kier alpha value is -4.05. The third-order valence-corrected chi connectivity index (χ3v) is 6.23. The van der Waals surface area contributed by atoms with Crippen LogP contribution in [0.4, 0.5) is 28.9 Å². The summed E-state index contributed by atoms with van der Waals surface area (Å²) in [7, 11) is 0. The van der Waals surface area contributed by atoms with Gasteiger partial charge in [-0.15, -0.1) is 0 Å². The second-order valence-corrected chi connectivity index (χ2v) is 8.83. The number of hydrogen-bond donors (Lipinski definition) is 1. The lowest BCUT2D eigenvalue weighted by atomic mass is 10.0. The molecule has 3 heterocycles. The second-order valence-electron chi connectivity index (χ2n) is 8.46. The molecule has 186 valence electrons. The van der Waals surface area contributed by atoms with E-state index in [1.165, 1.54) is 24.8 Å². The highest BCUT2D eigenvalue weighted by Gasteiger charge is 2.51. The van der Waals surface area contributed by atoms with Crippen molar-refractivity contribution >= 4 is 40.3 Å². The smallest absolute Gasteiger partial charge is 0.417 e. The molecule has 36 heavy (non-hydrogen) atoms. The normalized spacial score (nSPS) is 15.6. The summed E-state index contributed by atoms with van der Waals surface area (Å²) in [6.07, 6.45) is -3.55. The Balaban J connectivity index is 1.89. The minimum Gasteiger partial charge on any atom is -0.502 e. The molecule has 0 unspecified atom stereocenters. The Morgan fingerprint density at radius 1 is 1.19 bits per heavy atom. The number of amides is 1. The lowest BCUT2D eigenvalue weighted by Crippen LogP contribution is -2.44. The Kier molecular flexibility index (Phi) is 5.75. The number of hydrogen-bond acceptors (Lipinski definition) is 6. The van der Waals surface area contributed by atoms with E-state index in [1.54, 1.807) is 6.92 Å². The van der Waals surface area contributed by atoms with Crippen molar-refractivity contribution in [2.24, 2.45) is 0 Å². The molecule has 4 rings (SSSR count). The highest BCUT2D eigenvalue weighted by molar-refractivity contribution is 7.81. The predicted octanol–water partition coefficient (Wildman–Crippen LogP) is 3.91. The standard InChI is InChI=1S/C23H17F4N5O3S/c1-4-16-17(33)19(34)30-10-13(8-15(24)18(30)29-16)32-21(36)31(20(35)22(32,2)3)12-6-5-11(9-28)14(7-12)23(25,26)27/h5-8,10,33H,4H2,1-3H3. The van der Waals surface area contributed by atoms with Crippen molar-refractivity contribution in [3.8, 4) is 11.8 Å². The Morgan fingerprint density at radius 2 is 1.86 bits per heavy atom. The summed E-state index contributed by atoms with van der Waals surface area (Å²) in [4.78, 5) is 32.0. The number of carbonyl (C=O) groups is 1. The van der Waals surface area contributed by atoms with Crippen molar-refractivity contribution in [3.05, 3.63) is 63.5 Å². The van der Waals surface area contributed by atoms with Gasteiger partial charge in [0.05, 0.1) is 34.3 Å². The molecule has 8 nitrogen and oxygen atoms in total. The molecule has 0 saturated carbocycles. The van der Waals surface area contributed by atoms with Gasteiger partial charge in [0.2, 0.25) is 5.75 Å². The largest absolute Gasteiger partial charge is 0.502 e. The molecule has 13 heteroatoms. The average molecular weight is 519 g/mol. The zero-order valence-corrected chi connectivity index (χ0v) is 19.8. The highest BCUT2D eigenvalue weighted by atomic mass is 32.1. The molecule has 0 spiro atoms. The zero-order chi connectivity index (χ0) is 26.7. The van der Waals surface area contributed by atoms with Crippen LogP contribution >= 0.6 is 12.2 Å². The van der Waals surface area contributed by atoms with Gasteiger partial charge in [0, 0.05) is 12.3 Å². The summed E-state index contributed by atoms with van der Waals surface area (Å²) >= 11 is 5.42. The van der Waals surface area contributed by atoms with Gasteiger partial charge in [-0.1, -0.05) is 6.92 Å². The van der Waals surface area contributed by atoms with Gasteiger partial charge in [-0.05, 0) is 50.7 Å². The van der Waals surface area contributed by atoms with Crippen molar-refractivity contribution < 1.29 is 27.5 Å². The van der Waals surface area contributed by atoms with E-state index in [0.29, 0.717) is 6.07 Å². The number of carbonyl (C=O) groups excluding carboxylic acids is 1. The zero-order valence-electron chi connectivity index (χ0n) is 19.0. The van der Waals surface area contributed by atoms with Gasteiger partial charge >= 0.3 is 6.18 Å². The Labute approximate surface area is 206 Å². The molecule has 0 aliphatic carbocycles. The van der Waals surface area contributed by atoms with Gasteiger partial charge in [0.1, 0.15) is 5.54 Å². The molecule has 1 amide bonds. The minimum atomic E-state index is -4.87. The van der Waals surface area contributed by atoms with Crippen LogP contribution in [0.3, 0.4) is 0 Å². The first kappa shape index (κ1) is 25.1. The number of thiocarbonyl (C=S) groups is 1. The molecule has 2 aromatic heterocycles. The SMILES string of the molecule is CCc1nc2c(F)cc(N3C(=S)N(c4ccc(C#N)c(C(F)(F)F)c4)C(=O)C3(C)C)cn2c(=O)c1O. The first-order valence-corrected chi connectivity index (χ1v) is 10.9. The molecular weight excluding hydrogens is 502 g/mol. The number of pyridine rings is 1. The van der Waals surface area contributed by atoms with Gasteiger partial charge in [0.25, 0.3) is 11.5 Å². The van der Waals surface area contributed by atoms with Crippen LogP contribution in [0.2, 0.25) is 0 Å². The molecule has 1 aromatic carbocycles. The highest BCUT2D eigenvalue weighted by Crippen LogP contribution is 2.39. The number of benzene rings is 1. The molecule has 0 bridgehead atoms. The Morgan fingerprint density at radius 3 is 2.44 bits per heavy atom. The number of alkyl halides is 3. The molecule has 1 aliphatic rings. The molecule has 1 N–H and O–H groups in total. The molecule has 1 fully saturated rings. The van der Waals surface area contributed by atoms with Crippen LogP contribution in [0.1, 0.15) is 37.6 Å². The van der Waals surface area contributed by atoms with E-state index >= 15 is 4.39 Å². The first-order chi connectivity index (χ1) is 16.7. The maximum absolute atomic E-state index is 15.1. The summed E-state index contributed by atoms with van der Waals surface area (Å²) < 4.78 is 56.4. The van der Waals surface area contributed by atoms with Crippen molar-refractivity contribution in [2.75, 3.05) is 9.80 Å². The number of halogens is 4. The molecule has 0 atom stereocenters. The van der Waals surface area contributed by atoms with Crippen LogP contribution in [-0.2, 0) is 17.4 Å². The third-order valence-electron chi connectivity index (χ3n) is 5.86. The maximum atomic E-state index is 15.1. The second kappa shape index (κ2) is 8.27. The summed E-state index contributed by atoms with van der Waals surface area (Å²) in [5.74, 6) is -2.33. The van der Waals surface area contributed by atoms with Crippen molar-refractivity contribution in [1.82, 2.24) is 9.38 Å². The lowest BCUT2D eigenvalue weighted by molar-refractivity contribution is -0.137.